The first kappa shape index (κ1) is 23.6. The highest BCUT2D eigenvalue weighted by Crippen LogP contribution is 2.36. The molecule has 31 heavy (non-hydrogen) atoms. The molecule has 0 aliphatic heterocycles. The number of ether oxygens (including phenoxy) is 4. The van der Waals surface area contributed by atoms with E-state index in [9.17, 15) is 4.79 Å². The third-order valence-corrected chi connectivity index (χ3v) is 4.07. The highest BCUT2D eigenvalue weighted by Gasteiger charge is 2.13. The molecule has 0 aromatic heterocycles. The van der Waals surface area contributed by atoms with Gasteiger partial charge in [-0.1, -0.05) is 30.2 Å². The van der Waals surface area contributed by atoms with Crippen LogP contribution in [0.4, 0.5) is 0 Å². The number of benzene rings is 2. The van der Waals surface area contributed by atoms with Crippen LogP contribution in [0.5, 0.6) is 23.0 Å². The van der Waals surface area contributed by atoms with E-state index in [1.165, 1.54) is 13.3 Å². The number of hydrazone groups is 1. The van der Waals surface area contributed by atoms with Crippen LogP contribution in [0, 0.1) is 12.3 Å². The maximum atomic E-state index is 12.4. The van der Waals surface area contributed by atoms with Gasteiger partial charge in [-0.25, -0.2) is 5.43 Å². The summed E-state index contributed by atoms with van der Waals surface area (Å²) in [7, 11) is 1.49. The van der Waals surface area contributed by atoms with Gasteiger partial charge < -0.3 is 18.9 Å². The number of rotatable bonds is 11. The van der Waals surface area contributed by atoms with Gasteiger partial charge in [0.15, 0.2) is 23.0 Å². The predicted molar refractivity (Wildman–Crippen MR) is 121 cm³/mol. The van der Waals surface area contributed by atoms with E-state index >= 15 is 0 Å². The largest absolute Gasteiger partial charge is 0.493 e. The molecule has 0 bridgehead atoms. The number of methoxy groups -OCH3 is 1. The van der Waals surface area contributed by atoms with Crippen LogP contribution in [-0.4, -0.2) is 39.1 Å². The summed E-state index contributed by atoms with van der Waals surface area (Å²) in [6.07, 6.45) is 8.29. The molecule has 162 valence electrons. The molecule has 0 unspecified atom stereocenters. The van der Waals surface area contributed by atoms with Gasteiger partial charge in [-0.2, -0.15) is 5.10 Å². The molecule has 0 saturated heterocycles. The molecule has 0 heterocycles. The van der Waals surface area contributed by atoms with Crippen molar-refractivity contribution in [3.63, 3.8) is 0 Å². The van der Waals surface area contributed by atoms with Gasteiger partial charge in [-0.3, -0.25) is 4.79 Å². The van der Waals surface area contributed by atoms with Crippen molar-refractivity contribution in [3.05, 3.63) is 59.1 Å². The topological polar surface area (TPSA) is 78.4 Å². The minimum absolute atomic E-state index is 0.0597. The zero-order valence-electron chi connectivity index (χ0n) is 17.3. The SMILES string of the molecule is C#CCOc1c(Cl)cc(/C=N/NC(=O)c2ccc(OCC=C)c(OC)c2)cc1OCC. The van der Waals surface area contributed by atoms with Crippen molar-refractivity contribution in [1.29, 1.82) is 0 Å². The molecule has 2 rings (SSSR count). The second-order valence-electron chi connectivity index (χ2n) is 5.92. The Hall–Kier alpha value is -3.63. The van der Waals surface area contributed by atoms with Gasteiger partial charge in [0, 0.05) is 5.56 Å². The fraction of sp³-hybridized carbons (Fsp3) is 0.217. The van der Waals surface area contributed by atoms with Gasteiger partial charge in [-0.15, -0.1) is 6.42 Å². The van der Waals surface area contributed by atoms with Crippen LogP contribution in [0.3, 0.4) is 0 Å². The Labute approximate surface area is 186 Å². The second kappa shape index (κ2) is 12.2. The molecular formula is C23H23ClN2O5. The summed E-state index contributed by atoms with van der Waals surface area (Å²) in [4.78, 5) is 12.4. The molecule has 0 saturated carbocycles. The zero-order valence-corrected chi connectivity index (χ0v) is 18.1. The maximum Gasteiger partial charge on any atom is 0.271 e. The number of carbonyl (C=O) groups is 1. The number of nitrogens with zero attached hydrogens (tertiary/aromatic N) is 1. The smallest absolute Gasteiger partial charge is 0.271 e. The van der Waals surface area contributed by atoms with Crippen LogP contribution in [0.25, 0.3) is 0 Å². The molecule has 0 atom stereocenters. The van der Waals surface area contributed by atoms with Crippen LogP contribution in [-0.2, 0) is 0 Å². The number of halogens is 1. The van der Waals surface area contributed by atoms with Crippen LogP contribution in [0.2, 0.25) is 5.02 Å². The third kappa shape index (κ3) is 6.69. The summed E-state index contributed by atoms with van der Waals surface area (Å²) in [5.74, 6) is 3.67. The number of amides is 1. The normalized spacial score (nSPS) is 10.3. The third-order valence-electron chi connectivity index (χ3n) is 3.79. The van der Waals surface area contributed by atoms with E-state index in [1.54, 1.807) is 36.4 Å². The predicted octanol–water partition coefficient (Wildman–Crippen LogP) is 4.09. The molecule has 0 radical (unpaired) electrons. The standard InChI is InChI=1S/C23H23ClN2O5/c1-5-10-30-19-9-8-17(14-20(19)28-4)23(27)26-25-15-16-12-18(24)22(31-11-6-2)21(13-16)29-7-3/h2,5,8-9,12-15H,1,7,10-11H2,3-4H3,(H,26,27)/b25-15+. The first-order valence-electron chi connectivity index (χ1n) is 9.31. The monoisotopic (exact) mass is 442 g/mol. The molecular weight excluding hydrogens is 420 g/mol. The molecule has 2 aromatic rings. The summed E-state index contributed by atoms with van der Waals surface area (Å²) in [6, 6.07) is 8.12. The summed E-state index contributed by atoms with van der Waals surface area (Å²) >= 11 is 6.27. The second-order valence-corrected chi connectivity index (χ2v) is 6.33. The fourth-order valence-corrected chi connectivity index (χ4v) is 2.76. The van der Waals surface area contributed by atoms with Gasteiger partial charge in [0.1, 0.15) is 13.2 Å². The molecule has 0 spiro atoms. The lowest BCUT2D eigenvalue weighted by Crippen LogP contribution is -2.17. The Morgan fingerprint density at radius 1 is 1.23 bits per heavy atom. The molecule has 2 aromatic carbocycles. The lowest BCUT2D eigenvalue weighted by molar-refractivity contribution is 0.0954. The van der Waals surface area contributed by atoms with Crippen molar-refractivity contribution < 1.29 is 23.7 Å². The Bertz CT molecular complexity index is 998. The molecule has 1 amide bonds. The average Bonchev–Trinajstić information content (AvgIpc) is 2.77. The number of nitrogens with one attached hydrogen (secondary N) is 1. The van der Waals surface area contributed by atoms with Gasteiger partial charge in [-0.05, 0) is 42.8 Å². The average molecular weight is 443 g/mol. The maximum absolute atomic E-state index is 12.4. The molecule has 0 aliphatic carbocycles. The van der Waals surface area contributed by atoms with Crippen LogP contribution < -0.4 is 24.4 Å². The van der Waals surface area contributed by atoms with Crippen LogP contribution >= 0.6 is 11.6 Å². The molecule has 1 N–H and O–H groups in total. The summed E-state index contributed by atoms with van der Waals surface area (Å²) < 4.78 is 21.7. The molecule has 0 aliphatic rings. The minimum atomic E-state index is -0.421. The number of terminal acetylenes is 1. The van der Waals surface area contributed by atoms with E-state index in [-0.39, 0.29) is 6.61 Å². The van der Waals surface area contributed by atoms with E-state index in [1.807, 2.05) is 6.92 Å². The minimum Gasteiger partial charge on any atom is -0.493 e. The van der Waals surface area contributed by atoms with Gasteiger partial charge in [0.05, 0.1) is 25.0 Å². The van der Waals surface area contributed by atoms with Crippen molar-refractivity contribution in [2.45, 2.75) is 6.92 Å². The Balaban J connectivity index is 2.13. The first-order chi connectivity index (χ1) is 15.0. The van der Waals surface area contributed by atoms with Crippen LogP contribution in [0.15, 0.2) is 48.1 Å². The van der Waals surface area contributed by atoms with E-state index in [4.69, 9.17) is 37.0 Å². The highest BCUT2D eigenvalue weighted by molar-refractivity contribution is 6.32. The number of carbonyl (C=O) groups excluding carboxylic acids is 1. The highest BCUT2D eigenvalue weighted by atomic mass is 35.5. The molecule has 7 nitrogen and oxygen atoms in total. The van der Waals surface area contributed by atoms with Crippen molar-refractivity contribution in [1.82, 2.24) is 5.43 Å². The van der Waals surface area contributed by atoms with Gasteiger partial charge >= 0.3 is 0 Å². The summed E-state index contributed by atoms with van der Waals surface area (Å²) in [6.45, 7) is 6.23. The quantitative estimate of drug-likeness (QED) is 0.245. The molecule has 0 fully saturated rings. The van der Waals surface area contributed by atoms with Crippen LogP contribution in [0.1, 0.15) is 22.8 Å². The Morgan fingerprint density at radius 3 is 2.71 bits per heavy atom. The summed E-state index contributed by atoms with van der Waals surface area (Å²) in [5, 5.41) is 4.30. The Morgan fingerprint density at radius 2 is 2.03 bits per heavy atom. The van der Waals surface area contributed by atoms with Gasteiger partial charge in [0.25, 0.3) is 5.91 Å². The van der Waals surface area contributed by atoms with E-state index < -0.39 is 5.91 Å². The fourth-order valence-electron chi connectivity index (χ4n) is 2.49. The zero-order chi connectivity index (χ0) is 22.6. The van der Waals surface area contributed by atoms with Crippen molar-refractivity contribution in [2.75, 3.05) is 26.9 Å². The Kier molecular flexibility index (Phi) is 9.27. The van der Waals surface area contributed by atoms with E-state index in [0.29, 0.717) is 52.4 Å². The number of hydrogen-bond acceptors (Lipinski definition) is 6. The van der Waals surface area contributed by atoms with Gasteiger partial charge in [0.2, 0.25) is 0 Å². The lowest BCUT2D eigenvalue weighted by atomic mass is 10.2. The summed E-state index contributed by atoms with van der Waals surface area (Å²) in [5.41, 5.74) is 3.41. The molecule has 8 heteroatoms. The van der Waals surface area contributed by atoms with Crippen molar-refractivity contribution in [3.8, 4) is 35.3 Å². The number of hydrogen-bond donors (Lipinski definition) is 1. The van der Waals surface area contributed by atoms with E-state index in [2.05, 4.69) is 23.0 Å². The first-order valence-corrected chi connectivity index (χ1v) is 9.69. The van der Waals surface area contributed by atoms with Crippen molar-refractivity contribution in [2.24, 2.45) is 5.10 Å². The van der Waals surface area contributed by atoms with Crippen molar-refractivity contribution >= 4 is 23.7 Å². The van der Waals surface area contributed by atoms with E-state index in [0.717, 1.165) is 0 Å². The lowest BCUT2D eigenvalue weighted by Gasteiger charge is -2.13.